The van der Waals surface area contributed by atoms with Crippen molar-refractivity contribution >= 4 is 31.4 Å². The van der Waals surface area contributed by atoms with Crippen molar-refractivity contribution in [2.45, 2.75) is 27.7 Å². The molecule has 17 heavy (non-hydrogen) atoms. The number of hydrogen-bond donors (Lipinski definition) is 0. The lowest BCUT2D eigenvalue weighted by molar-refractivity contribution is 0.324. The average molecular weight is 297 g/mol. The van der Waals surface area contributed by atoms with Crippen LogP contribution < -0.4 is 0 Å². The highest BCUT2D eigenvalue weighted by Gasteiger charge is 2.00. The van der Waals surface area contributed by atoms with Gasteiger partial charge < -0.3 is 9.80 Å². The molecule has 0 fully saturated rings. The lowest BCUT2D eigenvalue weighted by atomic mass is 10.5. The molecule has 0 saturated carbocycles. The van der Waals surface area contributed by atoms with Crippen molar-refractivity contribution in [3.05, 3.63) is 0 Å². The minimum Gasteiger partial charge on any atom is -0.303 e. The van der Waals surface area contributed by atoms with E-state index in [4.69, 9.17) is 0 Å². The van der Waals surface area contributed by atoms with Crippen LogP contribution in [0.1, 0.15) is 27.7 Å². The molecule has 0 aliphatic carbocycles. The Hall–Kier alpha value is 0.970. The SMILES string of the molecule is CCN(CC)CCSSSCCN(CC)CC. The molecule has 0 atom stereocenters. The van der Waals surface area contributed by atoms with Gasteiger partial charge in [-0.3, -0.25) is 0 Å². The first-order valence-electron chi connectivity index (χ1n) is 6.64. The van der Waals surface area contributed by atoms with Gasteiger partial charge in [0.05, 0.1) is 0 Å². The Kier molecular flexibility index (Phi) is 14.2. The number of rotatable bonds is 12. The highest BCUT2D eigenvalue weighted by molar-refractivity contribution is 9.09. The van der Waals surface area contributed by atoms with E-state index >= 15 is 0 Å². The zero-order valence-electron chi connectivity index (χ0n) is 11.8. The van der Waals surface area contributed by atoms with E-state index in [1.807, 2.05) is 31.4 Å². The van der Waals surface area contributed by atoms with Gasteiger partial charge in [-0.15, -0.1) is 0 Å². The number of nitrogens with zero attached hydrogens (tertiary/aromatic N) is 2. The van der Waals surface area contributed by atoms with E-state index in [0.29, 0.717) is 0 Å². The summed E-state index contributed by atoms with van der Waals surface area (Å²) in [5.41, 5.74) is 0. The van der Waals surface area contributed by atoms with Crippen LogP contribution in [0.15, 0.2) is 0 Å². The fourth-order valence-corrected chi connectivity index (χ4v) is 5.28. The predicted octanol–water partition coefficient (Wildman–Crippen LogP) is 3.70. The van der Waals surface area contributed by atoms with Crippen LogP contribution in [0.2, 0.25) is 0 Å². The maximum absolute atomic E-state index is 2.48. The Bertz CT molecular complexity index is 135. The van der Waals surface area contributed by atoms with Crippen LogP contribution in [0, 0.1) is 0 Å². The maximum Gasteiger partial charge on any atom is 0.0173 e. The molecule has 0 aromatic carbocycles. The normalized spacial score (nSPS) is 11.6. The minimum atomic E-state index is 1.18. The van der Waals surface area contributed by atoms with E-state index in [1.54, 1.807) is 0 Å². The molecule has 0 unspecified atom stereocenters. The summed E-state index contributed by atoms with van der Waals surface area (Å²) in [5.74, 6) is 2.48. The fraction of sp³-hybridized carbons (Fsp3) is 1.00. The van der Waals surface area contributed by atoms with Crippen molar-refractivity contribution in [2.24, 2.45) is 0 Å². The molecule has 0 aliphatic heterocycles. The smallest absolute Gasteiger partial charge is 0.0173 e. The average Bonchev–Trinajstić information content (AvgIpc) is 2.37. The van der Waals surface area contributed by atoms with Crippen LogP contribution >= 0.6 is 31.4 Å². The van der Waals surface area contributed by atoms with Gasteiger partial charge in [0.2, 0.25) is 0 Å². The lowest BCUT2D eigenvalue weighted by Gasteiger charge is -2.17. The van der Waals surface area contributed by atoms with E-state index in [0.717, 1.165) is 0 Å². The second kappa shape index (κ2) is 13.4. The van der Waals surface area contributed by atoms with Crippen LogP contribution in [-0.4, -0.2) is 60.6 Å². The first kappa shape index (κ1) is 18.0. The molecule has 0 aromatic heterocycles. The topological polar surface area (TPSA) is 6.48 Å². The molecule has 0 heterocycles. The first-order valence-corrected chi connectivity index (χ1v) is 10.5. The third-order valence-electron chi connectivity index (χ3n) is 2.87. The van der Waals surface area contributed by atoms with E-state index in [-0.39, 0.29) is 0 Å². The van der Waals surface area contributed by atoms with Gasteiger partial charge in [-0.2, -0.15) is 0 Å². The Morgan fingerprint density at radius 2 is 1.00 bits per heavy atom. The van der Waals surface area contributed by atoms with Crippen LogP contribution in [0.3, 0.4) is 0 Å². The molecule has 0 amide bonds. The van der Waals surface area contributed by atoms with Crippen molar-refractivity contribution in [3.8, 4) is 0 Å². The predicted molar refractivity (Wildman–Crippen MR) is 88.1 cm³/mol. The summed E-state index contributed by atoms with van der Waals surface area (Å²) in [7, 11) is 5.96. The van der Waals surface area contributed by atoms with E-state index in [2.05, 4.69) is 37.5 Å². The molecule has 104 valence electrons. The van der Waals surface area contributed by atoms with Crippen molar-refractivity contribution < 1.29 is 0 Å². The Morgan fingerprint density at radius 1 is 0.647 bits per heavy atom. The van der Waals surface area contributed by atoms with Gasteiger partial charge >= 0.3 is 0 Å². The van der Waals surface area contributed by atoms with Gasteiger partial charge in [-0.1, -0.05) is 49.3 Å². The summed E-state index contributed by atoms with van der Waals surface area (Å²) < 4.78 is 0. The van der Waals surface area contributed by atoms with Crippen LogP contribution in [0.5, 0.6) is 0 Å². The second-order valence-corrected chi connectivity index (χ2v) is 8.24. The number of hydrogen-bond acceptors (Lipinski definition) is 5. The molecular weight excluding hydrogens is 268 g/mol. The minimum absolute atomic E-state index is 1.18. The van der Waals surface area contributed by atoms with Gasteiger partial charge in [0.25, 0.3) is 0 Å². The molecule has 5 heteroatoms. The third-order valence-corrected chi connectivity index (χ3v) is 7.07. The molecule has 0 aliphatic rings. The molecule has 0 radical (unpaired) electrons. The van der Waals surface area contributed by atoms with Gasteiger partial charge in [-0.05, 0) is 36.0 Å². The summed E-state index contributed by atoms with van der Waals surface area (Å²) in [6.45, 7) is 16.1. The lowest BCUT2D eigenvalue weighted by Crippen LogP contribution is -2.25. The molecule has 2 nitrogen and oxygen atoms in total. The van der Waals surface area contributed by atoms with E-state index in [9.17, 15) is 0 Å². The van der Waals surface area contributed by atoms with Crippen LogP contribution in [0.25, 0.3) is 0 Å². The van der Waals surface area contributed by atoms with E-state index < -0.39 is 0 Å². The highest BCUT2D eigenvalue weighted by Crippen LogP contribution is 2.34. The quantitative estimate of drug-likeness (QED) is 0.399. The zero-order valence-corrected chi connectivity index (χ0v) is 14.2. The molecule has 0 N–H and O–H groups in total. The van der Waals surface area contributed by atoms with Gasteiger partial charge in [0, 0.05) is 24.6 Å². The Morgan fingerprint density at radius 3 is 1.29 bits per heavy atom. The fourth-order valence-electron chi connectivity index (χ4n) is 1.51. The Balaban J connectivity index is 3.23. The summed E-state index contributed by atoms with van der Waals surface area (Å²) in [6, 6.07) is 0. The summed E-state index contributed by atoms with van der Waals surface area (Å²) in [6.07, 6.45) is 0. The van der Waals surface area contributed by atoms with Gasteiger partial charge in [0.1, 0.15) is 0 Å². The molecule has 0 bridgehead atoms. The highest BCUT2D eigenvalue weighted by atomic mass is 33.5. The standard InChI is InChI=1S/C12H28N2S3/c1-5-13(6-2)9-11-15-17-16-12-10-14(7-3)8-4/h5-12H2,1-4H3. The van der Waals surface area contributed by atoms with Crippen molar-refractivity contribution in [3.63, 3.8) is 0 Å². The van der Waals surface area contributed by atoms with Crippen molar-refractivity contribution in [1.82, 2.24) is 9.80 Å². The molecule has 0 spiro atoms. The third kappa shape index (κ3) is 10.6. The molecule has 0 saturated heterocycles. The second-order valence-electron chi connectivity index (χ2n) is 3.77. The summed E-state index contributed by atoms with van der Waals surface area (Å²) in [5, 5.41) is 0. The van der Waals surface area contributed by atoms with Crippen molar-refractivity contribution in [1.29, 1.82) is 0 Å². The summed E-state index contributed by atoms with van der Waals surface area (Å²) >= 11 is 0. The van der Waals surface area contributed by atoms with Crippen LogP contribution in [-0.2, 0) is 0 Å². The molecular formula is C12H28N2S3. The largest absolute Gasteiger partial charge is 0.303 e. The summed E-state index contributed by atoms with van der Waals surface area (Å²) in [4.78, 5) is 4.96. The van der Waals surface area contributed by atoms with Crippen molar-refractivity contribution in [2.75, 3.05) is 50.8 Å². The zero-order chi connectivity index (χ0) is 12.9. The van der Waals surface area contributed by atoms with Gasteiger partial charge in [0.15, 0.2) is 0 Å². The van der Waals surface area contributed by atoms with Crippen LogP contribution in [0.4, 0.5) is 0 Å². The van der Waals surface area contributed by atoms with E-state index in [1.165, 1.54) is 50.8 Å². The monoisotopic (exact) mass is 296 g/mol. The maximum atomic E-state index is 2.48. The molecule has 0 aromatic rings. The molecule has 0 rings (SSSR count). The first-order chi connectivity index (χ1) is 8.28. The van der Waals surface area contributed by atoms with Gasteiger partial charge in [-0.25, -0.2) is 0 Å². The Labute approximate surface area is 119 Å².